The van der Waals surface area contributed by atoms with Crippen LogP contribution in [0.1, 0.15) is 17.9 Å². The normalized spacial score (nSPS) is 19.8. The average molecular weight is 312 g/mol. The monoisotopic (exact) mass is 311 g/mol. The molecule has 0 aromatic carbocycles. The molecule has 1 aromatic heterocycles. The fourth-order valence-electron chi connectivity index (χ4n) is 2.06. The number of nitrogens with one attached hydrogen (secondary N) is 1. The van der Waals surface area contributed by atoms with Crippen molar-refractivity contribution in [3.05, 3.63) is 21.3 Å². The van der Waals surface area contributed by atoms with Crippen molar-refractivity contribution >= 4 is 28.9 Å². The second-order valence-corrected chi connectivity index (χ2v) is 6.07. The van der Waals surface area contributed by atoms with E-state index >= 15 is 0 Å². The molecular formula is C14H18ClN3OS. The van der Waals surface area contributed by atoms with Gasteiger partial charge in [0.2, 0.25) is 0 Å². The molecule has 108 valence electrons. The van der Waals surface area contributed by atoms with E-state index in [0.29, 0.717) is 13.2 Å². The van der Waals surface area contributed by atoms with Crippen molar-refractivity contribution in [1.82, 2.24) is 10.2 Å². The number of terminal acetylenes is 1. The summed E-state index contributed by atoms with van der Waals surface area (Å²) in [6.45, 7) is 5.48. The zero-order valence-corrected chi connectivity index (χ0v) is 13.0. The number of ether oxygens (including phenoxy) is 1. The third-order valence-corrected chi connectivity index (χ3v) is 4.26. The zero-order valence-electron chi connectivity index (χ0n) is 11.4. The van der Waals surface area contributed by atoms with Gasteiger partial charge in [0.1, 0.15) is 12.6 Å². The molecule has 6 heteroatoms. The van der Waals surface area contributed by atoms with Crippen LogP contribution < -0.4 is 5.32 Å². The topological polar surface area (TPSA) is 36.9 Å². The molecule has 1 atom stereocenters. The molecule has 20 heavy (non-hydrogen) atoms. The summed E-state index contributed by atoms with van der Waals surface area (Å²) in [7, 11) is 0. The molecule has 1 aromatic rings. The lowest BCUT2D eigenvalue weighted by Crippen LogP contribution is -2.48. The highest BCUT2D eigenvalue weighted by Crippen LogP contribution is 2.31. The molecule has 1 N–H and O–H groups in total. The predicted octanol–water partition coefficient (Wildman–Crippen LogP) is 2.37. The van der Waals surface area contributed by atoms with Gasteiger partial charge in [0, 0.05) is 18.0 Å². The first-order valence-corrected chi connectivity index (χ1v) is 7.77. The number of aliphatic imine (C=N–C) groups is 1. The summed E-state index contributed by atoms with van der Waals surface area (Å²) in [5.74, 6) is 3.39. The molecule has 0 bridgehead atoms. The molecule has 1 aliphatic heterocycles. The van der Waals surface area contributed by atoms with Crippen LogP contribution in [-0.4, -0.2) is 43.6 Å². The molecule has 0 saturated carbocycles. The van der Waals surface area contributed by atoms with Gasteiger partial charge >= 0.3 is 0 Å². The highest BCUT2D eigenvalue weighted by Gasteiger charge is 2.25. The van der Waals surface area contributed by atoms with E-state index in [2.05, 4.69) is 21.1 Å². The van der Waals surface area contributed by atoms with E-state index in [1.807, 2.05) is 19.1 Å². The quantitative estimate of drug-likeness (QED) is 0.529. The molecule has 1 saturated heterocycles. The minimum absolute atomic E-state index is 0.0379. The third kappa shape index (κ3) is 3.89. The Morgan fingerprint density at radius 1 is 1.70 bits per heavy atom. The lowest BCUT2D eigenvalue weighted by atomic mass is 10.2. The number of hydrogen-bond donors (Lipinski definition) is 1. The van der Waals surface area contributed by atoms with Gasteiger partial charge < -0.3 is 15.0 Å². The lowest BCUT2D eigenvalue weighted by Gasteiger charge is -2.34. The van der Waals surface area contributed by atoms with Crippen LogP contribution in [0, 0.1) is 12.3 Å². The van der Waals surface area contributed by atoms with Crippen molar-refractivity contribution in [1.29, 1.82) is 0 Å². The summed E-state index contributed by atoms with van der Waals surface area (Å²) in [5, 5.41) is 3.27. The minimum atomic E-state index is 0.0379. The predicted molar refractivity (Wildman–Crippen MR) is 84.4 cm³/mol. The van der Waals surface area contributed by atoms with Gasteiger partial charge in [-0.2, -0.15) is 0 Å². The molecule has 1 unspecified atom stereocenters. The van der Waals surface area contributed by atoms with Crippen molar-refractivity contribution < 1.29 is 4.74 Å². The van der Waals surface area contributed by atoms with Crippen molar-refractivity contribution in [2.75, 3.05) is 32.8 Å². The Labute approximate surface area is 128 Å². The molecule has 0 amide bonds. The summed E-state index contributed by atoms with van der Waals surface area (Å²) in [5.41, 5.74) is 0. The Kier molecular flexibility index (Phi) is 5.72. The summed E-state index contributed by atoms with van der Waals surface area (Å²) < 4.78 is 6.61. The summed E-state index contributed by atoms with van der Waals surface area (Å²) >= 11 is 7.55. The van der Waals surface area contributed by atoms with Crippen LogP contribution in [0.3, 0.4) is 0 Å². The lowest BCUT2D eigenvalue weighted by molar-refractivity contribution is -0.00596. The van der Waals surface area contributed by atoms with Crippen LogP contribution in [0.5, 0.6) is 0 Å². The molecule has 1 fully saturated rings. The molecule has 0 spiro atoms. The van der Waals surface area contributed by atoms with E-state index in [0.717, 1.165) is 34.8 Å². The maximum absolute atomic E-state index is 5.99. The second-order valence-electron chi connectivity index (χ2n) is 4.32. The molecule has 2 rings (SSSR count). The Morgan fingerprint density at radius 3 is 3.20 bits per heavy atom. The van der Waals surface area contributed by atoms with Crippen LogP contribution in [0.15, 0.2) is 17.1 Å². The van der Waals surface area contributed by atoms with Gasteiger partial charge in [-0.1, -0.05) is 17.5 Å². The Hall–Kier alpha value is -1.22. The van der Waals surface area contributed by atoms with Gasteiger partial charge in [0.15, 0.2) is 5.96 Å². The number of nitrogens with zero attached hydrogens (tertiary/aromatic N) is 2. The Morgan fingerprint density at radius 2 is 2.55 bits per heavy atom. The smallest absolute Gasteiger partial charge is 0.195 e. The summed E-state index contributed by atoms with van der Waals surface area (Å²) in [4.78, 5) is 7.74. The van der Waals surface area contributed by atoms with Gasteiger partial charge in [-0.15, -0.1) is 17.8 Å². The van der Waals surface area contributed by atoms with Crippen molar-refractivity contribution in [2.24, 2.45) is 4.99 Å². The van der Waals surface area contributed by atoms with Gasteiger partial charge in [-0.05, 0) is 19.1 Å². The molecule has 0 aliphatic carbocycles. The maximum atomic E-state index is 5.99. The van der Waals surface area contributed by atoms with Crippen LogP contribution >= 0.6 is 22.9 Å². The van der Waals surface area contributed by atoms with Crippen molar-refractivity contribution in [3.63, 3.8) is 0 Å². The number of hydrogen-bond acceptors (Lipinski definition) is 3. The Bertz CT molecular complexity index is 509. The molecule has 0 radical (unpaired) electrons. The Balaban J connectivity index is 2.06. The number of halogens is 1. The van der Waals surface area contributed by atoms with E-state index in [4.69, 9.17) is 22.8 Å². The van der Waals surface area contributed by atoms with Crippen molar-refractivity contribution in [2.45, 2.75) is 13.0 Å². The first kappa shape index (κ1) is 15.2. The largest absolute Gasteiger partial charge is 0.369 e. The first-order valence-electron chi connectivity index (χ1n) is 6.58. The molecule has 4 nitrogen and oxygen atoms in total. The summed E-state index contributed by atoms with van der Waals surface area (Å²) in [6, 6.07) is 3.92. The number of morpholine rings is 1. The van der Waals surface area contributed by atoms with Gasteiger partial charge in [-0.25, -0.2) is 4.99 Å². The number of rotatable bonds is 3. The molecular weight excluding hydrogens is 294 g/mol. The van der Waals surface area contributed by atoms with Crippen LogP contribution in [-0.2, 0) is 4.74 Å². The van der Waals surface area contributed by atoms with Crippen LogP contribution in [0.4, 0.5) is 0 Å². The summed E-state index contributed by atoms with van der Waals surface area (Å²) in [6.07, 6.45) is 5.32. The van der Waals surface area contributed by atoms with Crippen LogP contribution in [0.25, 0.3) is 0 Å². The van der Waals surface area contributed by atoms with E-state index in [1.165, 1.54) is 0 Å². The standard InChI is InChI=1S/C14H18ClN3OS/c1-3-7-17-14(16-4-2)18-8-9-19-11(10-18)12-5-6-13(15)20-12/h1,5-6,11H,4,7-10H2,2H3,(H,16,17). The second kappa shape index (κ2) is 7.53. The zero-order chi connectivity index (χ0) is 14.4. The van der Waals surface area contributed by atoms with E-state index in [1.54, 1.807) is 11.3 Å². The minimum Gasteiger partial charge on any atom is -0.369 e. The van der Waals surface area contributed by atoms with Gasteiger partial charge in [-0.3, -0.25) is 0 Å². The van der Waals surface area contributed by atoms with Gasteiger partial charge in [0.05, 0.1) is 17.5 Å². The van der Waals surface area contributed by atoms with E-state index in [9.17, 15) is 0 Å². The fraction of sp³-hybridized carbons (Fsp3) is 0.500. The first-order chi connectivity index (χ1) is 9.74. The van der Waals surface area contributed by atoms with Gasteiger partial charge in [0.25, 0.3) is 0 Å². The molecule has 2 heterocycles. The third-order valence-electron chi connectivity index (χ3n) is 2.93. The molecule has 1 aliphatic rings. The van der Waals surface area contributed by atoms with E-state index < -0.39 is 0 Å². The number of guanidine groups is 1. The fourth-order valence-corrected chi connectivity index (χ4v) is 3.16. The van der Waals surface area contributed by atoms with E-state index in [-0.39, 0.29) is 6.10 Å². The van der Waals surface area contributed by atoms with Crippen LogP contribution in [0.2, 0.25) is 4.34 Å². The van der Waals surface area contributed by atoms with Crippen molar-refractivity contribution in [3.8, 4) is 12.3 Å². The highest BCUT2D eigenvalue weighted by atomic mass is 35.5. The highest BCUT2D eigenvalue weighted by molar-refractivity contribution is 7.16. The average Bonchev–Trinajstić information content (AvgIpc) is 2.90. The maximum Gasteiger partial charge on any atom is 0.195 e. The number of thiophene rings is 1. The SMILES string of the molecule is C#CCN=C(NCC)N1CCOC(c2ccc(Cl)s2)C1.